The van der Waals surface area contributed by atoms with E-state index in [9.17, 15) is 4.79 Å². The van der Waals surface area contributed by atoms with Crippen molar-refractivity contribution in [2.75, 3.05) is 6.54 Å². The minimum absolute atomic E-state index is 0.0779. The van der Waals surface area contributed by atoms with Gasteiger partial charge in [0.2, 0.25) is 0 Å². The quantitative estimate of drug-likeness (QED) is 0.721. The van der Waals surface area contributed by atoms with Crippen LogP contribution < -0.4 is 5.73 Å². The Morgan fingerprint density at radius 1 is 1.23 bits per heavy atom. The van der Waals surface area contributed by atoms with Crippen molar-refractivity contribution < 1.29 is 13.3 Å². The molecule has 0 fully saturated rings. The van der Waals surface area contributed by atoms with Crippen LogP contribution in [-0.4, -0.2) is 29.4 Å². The molecule has 0 aromatic heterocycles. The molecular formula is C7H19NO3Si2. The number of carbonyl (C=O) groups is 1. The number of rotatable bonds is 4. The van der Waals surface area contributed by atoms with Gasteiger partial charge < -0.3 is 14.3 Å². The lowest BCUT2D eigenvalue weighted by Crippen LogP contribution is -2.46. The fraction of sp³-hybridized carbons (Fsp3) is 0.857. The van der Waals surface area contributed by atoms with Crippen molar-refractivity contribution >= 4 is 22.8 Å². The summed E-state index contributed by atoms with van der Waals surface area (Å²) in [5.41, 5.74) is 5.15. The Morgan fingerprint density at radius 3 is 2.00 bits per heavy atom. The molecule has 6 heteroatoms. The van der Waals surface area contributed by atoms with Gasteiger partial charge in [-0.05, 0) is 32.7 Å². The van der Waals surface area contributed by atoms with Crippen LogP contribution in [-0.2, 0) is 13.3 Å². The number of hydrogen-bond acceptors (Lipinski definition) is 4. The van der Waals surface area contributed by atoms with Crippen LogP contribution in [0.5, 0.6) is 0 Å². The molecule has 0 heterocycles. The van der Waals surface area contributed by atoms with E-state index in [4.69, 9.17) is 14.3 Å². The van der Waals surface area contributed by atoms with E-state index in [0.29, 0.717) is 0 Å². The molecule has 0 aliphatic carbocycles. The zero-order valence-corrected chi connectivity index (χ0v) is 11.0. The van der Waals surface area contributed by atoms with Gasteiger partial charge in [0.25, 0.3) is 0 Å². The van der Waals surface area contributed by atoms with E-state index in [1.807, 2.05) is 13.1 Å². The Balaban J connectivity index is 4.16. The summed E-state index contributed by atoms with van der Waals surface area (Å²) in [4.78, 5) is 10.9. The van der Waals surface area contributed by atoms with E-state index in [0.717, 1.165) is 0 Å². The highest BCUT2D eigenvalue weighted by atomic mass is 28.4. The molecule has 2 N–H and O–H groups in total. The molecule has 0 radical (unpaired) electrons. The van der Waals surface area contributed by atoms with Crippen molar-refractivity contribution in [2.24, 2.45) is 5.73 Å². The standard InChI is InChI=1S/C7H19NO3Si2/c1-12(2,3)11-13(4,5)10-7(9)6-8/h6,8H2,1-5H3. The van der Waals surface area contributed by atoms with Crippen LogP contribution in [0.15, 0.2) is 0 Å². The molecule has 0 unspecified atom stereocenters. The molecule has 13 heavy (non-hydrogen) atoms. The van der Waals surface area contributed by atoms with Crippen molar-refractivity contribution in [3.05, 3.63) is 0 Å². The summed E-state index contributed by atoms with van der Waals surface area (Å²) in [7, 11) is -3.92. The molecule has 0 saturated heterocycles. The van der Waals surface area contributed by atoms with Gasteiger partial charge in [0.05, 0.1) is 6.54 Å². The van der Waals surface area contributed by atoms with Crippen LogP contribution >= 0.6 is 0 Å². The van der Waals surface area contributed by atoms with Gasteiger partial charge in [0.1, 0.15) is 0 Å². The first kappa shape index (κ1) is 12.8. The molecule has 0 aliphatic heterocycles. The predicted octanol–water partition coefficient (Wildman–Crippen LogP) is 1.04. The van der Waals surface area contributed by atoms with Crippen molar-refractivity contribution in [1.29, 1.82) is 0 Å². The van der Waals surface area contributed by atoms with Crippen molar-refractivity contribution in [2.45, 2.75) is 32.7 Å². The number of hydrogen-bond donors (Lipinski definition) is 1. The third-order valence-electron chi connectivity index (χ3n) is 1.08. The van der Waals surface area contributed by atoms with Gasteiger partial charge in [-0.3, -0.25) is 4.79 Å². The van der Waals surface area contributed by atoms with Crippen LogP contribution in [0, 0.1) is 0 Å². The van der Waals surface area contributed by atoms with Crippen LogP contribution in [0.1, 0.15) is 0 Å². The molecule has 0 atom stereocenters. The molecule has 0 spiro atoms. The lowest BCUT2D eigenvalue weighted by atomic mass is 10.7. The van der Waals surface area contributed by atoms with Crippen molar-refractivity contribution in [1.82, 2.24) is 0 Å². The minimum Gasteiger partial charge on any atom is -0.494 e. The Bertz CT molecular complexity index is 189. The van der Waals surface area contributed by atoms with E-state index >= 15 is 0 Å². The molecule has 0 rings (SSSR count). The summed E-state index contributed by atoms with van der Waals surface area (Å²) in [6.45, 7) is 9.84. The summed E-state index contributed by atoms with van der Waals surface area (Å²) in [5, 5.41) is 0. The van der Waals surface area contributed by atoms with Gasteiger partial charge in [-0.15, -0.1) is 0 Å². The topological polar surface area (TPSA) is 61.5 Å². The Hall–Kier alpha value is -0.176. The second-order valence-corrected chi connectivity index (χ2v) is 12.3. The van der Waals surface area contributed by atoms with Gasteiger partial charge in [-0.2, -0.15) is 0 Å². The molecule has 0 bridgehead atoms. The first-order valence-electron chi connectivity index (χ1n) is 4.28. The maximum Gasteiger partial charge on any atom is 0.385 e. The maximum absolute atomic E-state index is 10.9. The summed E-state index contributed by atoms with van der Waals surface area (Å²) in [6.07, 6.45) is 0. The van der Waals surface area contributed by atoms with Gasteiger partial charge in [-0.1, -0.05) is 0 Å². The second-order valence-electron chi connectivity index (χ2n) is 4.29. The van der Waals surface area contributed by atoms with E-state index in [-0.39, 0.29) is 12.5 Å². The lowest BCUT2D eigenvalue weighted by molar-refractivity contribution is -0.134. The molecular weight excluding hydrogens is 202 g/mol. The predicted molar refractivity (Wildman–Crippen MR) is 57.1 cm³/mol. The summed E-state index contributed by atoms with van der Waals surface area (Å²) < 4.78 is 10.9. The zero-order valence-electron chi connectivity index (χ0n) is 9.01. The highest BCUT2D eigenvalue weighted by Crippen LogP contribution is 2.14. The van der Waals surface area contributed by atoms with E-state index < -0.39 is 16.9 Å². The largest absolute Gasteiger partial charge is 0.494 e. The van der Waals surface area contributed by atoms with Crippen LogP contribution in [0.2, 0.25) is 32.7 Å². The average molecular weight is 221 g/mol. The average Bonchev–Trinajstić information content (AvgIpc) is 1.80. The second kappa shape index (κ2) is 4.36. The van der Waals surface area contributed by atoms with Gasteiger partial charge in [-0.25, -0.2) is 0 Å². The summed E-state index contributed by atoms with van der Waals surface area (Å²) >= 11 is 0. The fourth-order valence-corrected chi connectivity index (χ4v) is 7.77. The van der Waals surface area contributed by atoms with Crippen molar-refractivity contribution in [3.63, 3.8) is 0 Å². The van der Waals surface area contributed by atoms with Gasteiger partial charge >= 0.3 is 14.5 Å². The number of nitrogens with two attached hydrogens (primary N) is 1. The third-order valence-corrected chi connectivity index (χ3v) is 6.21. The first-order valence-corrected chi connectivity index (χ1v) is 10.5. The highest BCUT2D eigenvalue weighted by Gasteiger charge is 2.34. The summed E-state index contributed by atoms with van der Waals surface area (Å²) in [5.74, 6) is -0.380. The molecule has 0 saturated carbocycles. The van der Waals surface area contributed by atoms with Crippen LogP contribution in [0.4, 0.5) is 0 Å². The Labute approximate surface area is 81.8 Å². The van der Waals surface area contributed by atoms with Crippen LogP contribution in [0.3, 0.4) is 0 Å². The molecule has 0 aromatic rings. The minimum atomic E-state index is -2.29. The third kappa shape index (κ3) is 6.94. The molecule has 0 aliphatic rings. The Morgan fingerprint density at radius 2 is 1.69 bits per heavy atom. The van der Waals surface area contributed by atoms with E-state index in [1.165, 1.54) is 0 Å². The normalized spacial score (nSPS) is 12.8. The Kier molecular flexibility index (Phi) is 4.30. The molecule has 4 nitrogen and oxygen atoms in total. The van der Waals surface area contributed by atoms with Crippen LogP contribution in [0.25, 0.3) is 0 Å². The molecule has 0 amide bonds. The SMILES string of the molecule is C[Si](C)(C)O[Si](C)(C)OC(=O)CN. The van der Waals surface area contributed by atoms with Gasteiger partial charge in [0.15, 0.2) is 8.32 Å². The molecule has 78 valence electrons. The van der Waals surface area contributed by atoms with Gasteiger partial charge in [0, 0.05) is 0 Å². The maximum atomic E-state index is 10.9. The lowest BCUT2D eigenvalue weighted by Gasteiger charge is -2.29. The zero-order chi connectivity index (χ0) is 10.7. The number of carbonyl (C=O) groups excluding carboxylic acids is 1. The highest BCUT2D eigenvalue weighted by molar-refractivity contribution is 6.81. The monoisotopic (exact) mass is 221 g/mol. The smallest absolute Gasteiger partial charge is 0.385 e. The van der Waals surface area contributed by atoms with E-state index in [1.54, 1.807) is 0 Å². The fourth-order valence-electron chi connectivity index (χ4n) is 1.07. The first-order chi connectivity index (χ1) is 5.66. The van der Waals surface area contributed by atoms with Crippen molar-refractivity contribution in [3.8, 4) is 0 Å². The van der Waals surface area contributed by atoms with E-state index in [2.05, 4.69) is 19.6 Å². The summed E-state index contributed by atoms with van der Waals surface area (Å²) in [6, 6.07) is 0. The molecule has 0 aromatic carbocycles.